The molecule has 1 aliphatic heterocycles. The molecular formula is C8H14I3N2O2+. The van der Waals surface area contributed by atoms with Gasteiger partial charge in [0.25, 0.3) is 0 Å². The minimum absolute atomic E-state index is 0.140. The number of hydrogen-bond acceptors (Lipinski definition) is 3. The first-order valence-corrected chi connectivity index (χ1v) is 8.02. The number of rotatable bonds is 4. The van der Waals surface area contributed by atoms with E-state index >= 15 is 0 Å². The van der Waals surface area contributed by atoms with E-state index in [1.54, 1.807) is 0 Å². The summed E-state index contributed by atoms with van der Waals surface area (Å²) in [5, 5.41) is 3.31. The summed E-state index contributed by atoms with van der Waals surface area (Å²) in [6.07, 6.45) is 0. The van der Waals surface area contributed by atoms with Crippen LogP contribution in [0.1, 0.15) is 0 Å². The maximum Gasteiger partial charge on any atom is 0.342 e. The van der Waals surface area contributed by atoms with Crippen LogP contribution in [0.3, 0.4) is 0 Å². The Morgan fingerprint density at radius 3 is 2.47 bits per heavy atom. The van der Waals surface area contributed by atoms with Crippen LogP contribution in [0, 0.1) is 0 Å². The van der Waals surface area contributed by atoms with Crippen molar-refractivity contribution in [2.24, 2.45) is 0 Å². The highest BCUT2D eigenvalue weighted by Gasteiger charge is 2.30. The highest BCUT2D eigenvalue weighted by molar-refractivity contribution is 14.3. The Labute approximate surface area is 131 Å². The van der Waals surface area contributed by atoms with E-state index < -0.39 is -0.565 Å². The highest BCUT2D eigenvalue weighted by atomic mass is 127. The van der Waals surface area contributed by atoms with Gasteiger partial charge in [-0.1, -0.05) is 0 Å². The molecule has 7 heteroatoms. The number of hydrogen-bond donors (Lipinski definition) is 2. The molecule has 88 valence electrons. The Kier molecular flexibility index (Phi) is 6.94. The average Bonchev–Trinajstić information content (AvgIpc) is 2.18. The average molecular weight is 551 g/mol. The van der Waals surface area contributed by atoms with Crippen LogP contribution in [0.2, 0.25) is 0 Å². The van der Waals surface area contributed by atoms with Gasteiger partial charge >= 0.3 is 5.97 Å². The van der Waals surface area contributed by atoms with Gasteiger partial charge in [0, 0.05) is 13.1 Å². The number of halogens is 3. The van der Waals surface area contributed by atoms with Gasteiger partial charge in [0.15, 0.2) is 0 Å². The van der Waals surface area contributed by atoms with Crippen LogP contribution in [0.25, 0.3) is 0 Å². The molecule has 1 saturated heterocycles. The Balaban J connectivity index is 2.12. The largest absolute Gasteiger partial charge is 0.458 e. The fraction of sp³-hybridized carbons (Fsp3) is 0.875. The van der Waals surface area contributed by atoms with Crippen molar-refractivity contribution in [2.75, 3.05) is 39.3 Å². The molecule has 1 aliphatic rings. The van der Waals surface area contributed by atoms with Gasteiger partial charge in [0.1, 0.15) is 13.2 Å². The summed E-state index contributed by atoms with van der Waals surface area (Å²) in [6.45, 7) is 5.84. The Morgan fingerprint density at radius 2 is 1.93 bits per heavy atom. The third kappa shape index (κ3) is 6.17. The van der Waals surface area contributed by atoms with Gasteiger partial charge in [-0.25, -0.2) is 4.79 Å². The van der Waals surface area contributed by atoms with Crippen molar-refractivity contribution in [1.29, 1.82) is 0 Å². The molecule has 0 saturated carbocycles. The Hall–Kier alpha value is 1.58. The second-order valence-electron chi connectivity index (χ2n) is 3.38. The van der Waals surface area contributed by atoms with Crippen molar-refractivity contribution < 1.29 is 14.4 Å². The molecule has 1 rings (SSSR count). The lowest BCUT2D eigenvalue weighted by atomic mass is 10.4. The number of ether oxygens (including phenoxy) is 1. The first-order chi connectivity index (χ1) is 7.00. The Bertz CT molecular complexity index is 214. The molecule has 0 unspecified atom stereocenters. The lowest BCUT2D eigenvalue weighted by Gasteiger charge is -2.24. The van der Waals surface area contributed by atoms with Crippen LogP contribution in [0.4, 0.5) is 0 Å². The standard InChI is InChI=1S/C8H13I3N2O2/c9-8(10,11)7(14)15-6-5-13-3-1-12-2-4-13/h12H,1-6H2/p+1. The topological polar surface area (TPSA) is 42.8 Å². The van der Waals surface area contributed by atoms with Gasteiger partial charge in [-0.05, 0) is 67.8 Å². The third-order valence-electron chi connectivity index (χ3n) is 2.23. The van der Waals surface area contributed by atoms with Crippen LogP contribution in [0.5, 0.6) is 0 Å². The van der Waals surface area contributed by atoms with Crippen molar-refractivity contribution in [3.63, 3.8) is 0 Å². The number of esters is 1. The van der Waals surface area contributed by atoms with E-state index in [4.69, 9.17) is 4.74 Å². The summed E-state index contributed by atoms with van der Waals surface area (Å²) in [4.78, 5) is 13.0. The monoisotopic (exact) mass is 551 g/mol. The number of piperazine rings is 1. The summed E-state index contributed by atoms with van der Waals surface area (Å²) in [6, 6.07) is 0. The molecule has 0 aliphatic carbocycles. The van der Waals surface area contributed by atoms with Gasteiger partial charge < -0.3 is 15.0 Å². The molecule has 4 nitrogen and oxygen atoms in total. The fourth-order valence-electron chi connectivity index (χ4n) is 1.40. The van der Waals surface area contributed by atoms with Crippen LogP contribution in [-0.2, 0) is 9.53 Å². The van der Waals surface area contributed by atoms with Gasteiger partial charge in [-0.15, -0.1) is 0 Å². The van der Waals surface area contributed by atoms with Gasteiger partial charge in [-0.3, -0.25) is 0 Å². The van der Waals surface area contributed by atoms with E-state index in [1.807, 2.05) is 0 Å². The zero-order chi connectivity index (χ0) is 11.3. The van der Waals surface area contributed by atoms with E-state index in [-0.39, 0.29) is 5.97 Å². The predicted octanol–water partition coefficient (Wildman–Crippen LogP) is -0.0235. The van der Waals surface area contributed by atoms with Crippen molar-refractivity contribution in [1.82, 2.24) is 5.32 Å². The van der Waals surface area contributed by atoms with Gasteiger partial charge in [0.05, 0.1) is 13.1 Å². The van der Waals surface area contributed by atoms with Gasteiger partial charge in [0.2, 0.25) is -0.565 Å². The Morgan fingerprint density at radius 1 is 1.33 bits per heavy atom. The number of alkyl halides is 3. The van der Waals surface area contributed by atoms with Crippen LogP contribution >= 0.6 is 67.8 Å². The quantitative estimate of drug-likeness (QED) is 0.294. The highest BCUT2D eigenvalue weighted by Crippen LogP contribution is 2.36. The first-order valence-electron chi connectivity index (χ1n) is 4.78. The van der Waals surface area contributed by atoms with Crippen LogP contribution in [-0.4, -0.2) is 44.7 Å². The number of quaternary nitrogens is 1. The van der Waals surface area contributed by atoms with Crippen LogP contribution in [0.15, 0.2) is 0 Å². The normalized spacial score (nSPS) is 18.9. The fourth-order valence-corrected chi connectivity index (χ4v) is 1.87. The molecule has 0 aromatic heterocycles. The molecule has 0 spiro atoms. The maximum absolute atomic E-state index is 11.4. The zero-order valence-electron chi connectivity index (χ0n) is 8.19. The summed E-state index contributed by atoms with van der Waals surface area (Å²) >= 11 is 6.24. The maximum atomic E-state index is 11.4. The smallest absolute Gasteiger partial charge is 0.342 e. The molecule has 2 N–H and O–H groups in total. The third-order valence-corrected chi connectivity index (χ3v) is 3.55. The molecule has 0 atom stereocenters. The first kappa shape index (κ1) is 14.6. The van der Waals surface area contributed by atoms with Crippen molar-refractivity contribution in [2.45, 2.75) is -0.565 Å². The summed E-state index contributed by atoms with van der Waals surface area (Å²) in [5.74, 6) is -0.140. The summed E-state index contributed by atoms with van der Waals surface area (Å²) in [5.41, 5.74) is 0. The molecular weight excluding hydrogens is 537 g/mol. The lowest BCUT2D eigenvalue weighted by Crippen LogP contribution is -3.15. The summed E-state index contributed by atoms with van der Waals surface area (Å²) in [7, 11) is 0. The molecule has 0 amide bonds. The molecule has 1 fully saturated rings. The second kappa shape index (κ2) is 7.11. The van der Waals surface area contributed by atoms with Crippen molar-refractivity contribution in [3.05, 3.63) is 0 Å². The summed E-state index contributed by atoms with van der Waals surface area (Å²) < 4.78 is 4.74. The molecule has 15 heavy (non-hydrogen) atoms. The zero-order valence-corrected chi connectivity index (χ0v) is 14.7. The van der Waals surface area contributed by atoms with E-state index in [9.17, 15) is 4.79 Å². The van der Waals surface area contributed by atoms with Crippen molar-refractivity contribution in [3.8, 4) is 0 Å². The van der Waals surface area contributed by atoms with E-state index in [0.29, 0.717) is 6.61 Å². The molecule has 0 bridgehead atoms. The van der Waals surface area contributed by atoms with Crippen molar-refractivity contribution >= 4 is 73.7 Å². The SMILES string of the molecule is O=C(OCC[NH+]1CCNCC1)C(I)(I)I. The van der Waals surface area contributed by atoms with E-state index in [2.05, 4.69) is 73.1 Å². The number of carbonyl (C=O) groups is 1. The molecule has 0 aromatic rings. The molecule has 0 aromatic carbocycles. The number of nitrogens with one attached hydrogen (secondary N) is 2. The van der Waals surface area contributed by atoms with Crippen LogP contribution < -0.4 is 10.2 Å². The minimum atomic E-state index is -0.466. The van der Waals surface area contributed by atoms with E-state index in [0.717, 1.165) is 32.7 Å². The van der Waals surface area contributed by atoms with E-state index in [1.165, 1.54) is 4.90 Å². The number of carbonyl (C=O) groups excluding carboxylic acids is 1. The lowest BCUT2D eigenvalue weighted by molar-refractivity contribution is -0.901. The molecule has 1 heterocycles. The predicted molar refractivity (Wildman–Crippen MR) is 84.2 cm³/mol. The second-order valence-corrected chi connectivity index (χ2v) is 14.4. The van der Waals surface area contributed by atoms with Gasteiger partial charge in [-0.2, -0.15) is 0 Å². The molecule has 0 radical (unpaired) electrons. The minimum Gasteiger partial charge on any atom is -0.458 e.